The molecule has 0 amide bonds. The molecule has 0 aromatic heterocycles. The van der Waals surface area contributed by atoms with Gasteiger partial charge >= 0.3 is 11.9 Å². The number of hydrogen-bond donors (Lipinski definition) is 3. The number of hydrogen-bond acceptors (Lipinski definition) is 5. The number of aliphatic carboxylic acids is 2. The number of carbonyl (C=O) groups is 2. The summed E-state index contributed by atoms with van der Waals surface area (Å²) >= 11 is 0. The molecule has 0 spiro atoms. The highest BCUT2D eigenvalue weighted by atomic mass is 16.4. The van der Waals surface area contributed by atoms with Crippen molar-refractivity contribution in [3.05, 3.63) is 0 Å². The number of unbranched alkanes of at least 4 members (excludes halogenated alkanes) is 22. The van der Waals surface area contributed by atoms with E-state index in [1.165, 1.54) is 116 Å². The Labute approximate surface area is 355 Å². The summed E-state index contributed by atoms with van der Waals surface area (Å²) in [6.07, 6.45) is 38.0. The van der Waals surface area contributed by atoms with Crippen LogP contribution in [-0.4, -0.2) is 84.3 Å². The van der Waals surface area contributed by atoms with Crippen molar-refractivity contribution in [2.75, 3.05) is 52.4 Å². The molecule has 2 unspecified atom stereocenters. The third-order valence-corrected chi connectivity index (χ3v) is 13.6. The highest BCUT2D eigenvalue weighted by Crippen LogP contribution is 2.39. The Kier molecular flexibility index (Phi) is 34.6. The molecule has 0 saturated carbocycles. The van der Waals surface area contributed by atoms with Crippen LogP contribution >= 0.6 is 0 Å². The van der Waals surface area contributed by atoms with E-state index in [4.69, 9.17) is 0 Å². The first-order valence-corrected chi connectivity index (χ1v) is 25.4. The fraction of sp³-hybridized carbons (Fsp3) is 0.960. The van der Waals surface area contributed by atoms with Crippen LogP contribution in [-0.2, 0) is 9.59 Å². The van der Waals surface area contributed by atoms with E-state index < -0.39 is 22.8 Å². The number of nitrogens with one attached hydrogen (secondary N) is 1. The molecule has 1 aliphatic rings. The minimum Gasteiger partial charge on any atom is -0.481 e. The van der Waals surface area contributed by atoms with Crippen LogP contribution in [0.4, 0.5) is 0 Å². The molecule has 338 valence electrons. The molecular weight excluding hydrogens is 707 g/mol. The molecule has 1 saturated heterocycles. The first kappa shape index (κ1) is 53.8. The largest absolute Gasteiger partial charge is 0.481 e. The van der Waals surface area contributed by atoms with Crippen molar-refractivity contribution in [3.8, 4) is 0 Å². The van der Waals surface area contributed by atoms with Crippen LogP contribution in [0.2, 0.25) is 0 Å². The van der Waals surface area contributed by atoms with E-state index in [2.05, 4.69) is 42.8 Å². The molecule has 7 heteroatoms. The zero-order chi connectivity index (χ0) is 41.7. The van der Waals surface area contributed by atoms with Crippen LogP contribution in [0.25, 0.3) is 0 Å². The molecule has 0 aromatic carbocycles. The molecule has 2 atom stereocenters. The van der Waals surface area contributed by atoms with Gasteiger partial charge in [-0.1, -0.05) is 195 Å². The van der Waals surface area contributed by atoms with Gasteiger partial charge in [0.25, 0.3) is 0 Å². The van der Waals surface area contributed by atoms with Crippen LogP contribution < -0.4 is 5.32 Å². The Balaban J connectivity index is 2.66. The number of carboxylic acid groups (broad SMARTS) is 2. The van der Waals surface area contributed by atoms with Crippen molar-refractivity contribution >= 4 is 11.9 Å². The average Bonchev–Trinajstić information content (AvgIpc) is 3.21. The zero-order valence-electron chi connectivity index (χ0n) is 38.8. The summed E-state index contributed by atoms with van der Waals surface area (Å²) in [5, 5.41) is 24.6. The van der Waals surface area contributed by atoms with Gasteiger partial charge in [-0.25, -0.2) is 0 Å². The molecule has 7 nitrogen and oxygen atoms in total. The Bertz CT molecular complexity index is 865. The standard InChI is InChI=1S/C50H99N3O4/c1-5-9-13-17-19-27-35-49(47(54)55,33-25-15-11-7-3)37-29-21-23-31-41-52(45-46-53-43-39-51-40-44-53)42-32-24-22-30-38-50(48(56)57,34-26-16-12-8-4)36-28-20-18-14-10-6-2/h51H,5-46H2,1-4H3,(H,54,55)(H,56,57). The highest BCUT2D eigenvalue weighted by molar-refractivity contribution is 5.75. The summed E-state index contributed by atoms with van der Waals surface area (Å²) in [5.41, 5.74) is -1.05. The van der Waals surface area contributed by atoms with Gasteiger partial charge in [-0.3, -0.25) is 14.5 Å². The minimum absolute atomic E-state index is 0.527. The average molecular weight is 806 g/mol. The smallest absolute Gasteiger partial charge is 0.309 e. The van der Waals surface area contributed by atoms with E-state index in [1.807, 2.05) is 0 Å². The van der Waals surface area contributed by atoms with E-state index in [0.717, 1.165) is 155 Å². The number of rotatable bonds is 43. The maximum Gasteiger partial charge on any atom is 0.309 e. The summed E-state index contributed by atoms with van der Waals surface area (Å²) in [7, 11) is 0. The van der Waals surface area contributed by atoms with Crippen molar-refractivity contribution in [1.29, 1.82) is 0 Å². The Morgan fingerprint density at radius 1 is 0.439 bits per heavy atom. The summed E-state index contributed by atoms with van der Waals surface area (Å²) in [6.45, 7) is 17.9. The SMILES string of the molecule is CCCCCCCCC(CCCCCC)(CCCCCCN(CCCCCCC(CCCCCC)(CCCCCCCC)C(=O)O)CCN1CCNCC1)C(=O)O. The normalized spacial score (nSPS) is 15.9. The summed E-state index contributed by atoms with van der Waals surface area (Å²) in [6, 6.07) is 0. The zero-order valence-corrected chi connectivity index (χ0v) is 38.8. The Hall–Kier alpha value is -1.18. The number of nitrogens with zero attached hydrogens (tertiary/aromatic N) is 2. The second-order valence-corrected chi connectivity index (χ2v) is 18.6. The topological polar surface area (TPSA) is 93.1 Å². The van der Waals surface area contributed by atoms with Gasteiger partial charge in [0.1, 0.15) is 0 Å². The lowest BCUT2D eigenvalue weighted by molar-refractivity contribution is -0.151. The van der Waals surface area contributed by atoms with E-state index in [1.54, 1.807) is 0 Å². The van der Waals surface area contributed by atoms with Crippen molar-refractivity contribution in [2.45, 2.75) is 246 Å². The summed E-state index contributed by atoms with van der Waals surface area (Å²) in [4.78, 5) is 30.9. The van der Waals surface area contributed by atoms with Gasteiger partial charge in [0, 0.05) is 39.3 Å². The highest BCUT2D eigenvalue weighted by Gasteiger charge is 2.37. The molecule has 3 N–H and O–H groups in total. The summed E-state index contributed by atoms with van der Waals surface area (Å²) < 4.78 is 0. The molecule has 1 fully saturated rings. The van der Waals surface area contributed by atoms with Gasteiger partial charge in [-0.15, -0.1) is 0 Å². The second kappa shape index (κ2) is 36.7. The van der Waals surface area contributed by atoms with Gasteiger partial charge in [-0.2, -0.15) is 0 Å². The number of piperazine rings is 1. The van der Waals surface area contributed by atoms with Crippen molar-refractivity contribution in [3.63, 3.8) is 0 Å². The first-order chi connectivity index (χ1) is 27.8. The Morgan fingerprint density at radius 2 is 0.719 bits per heavy atom. The lowest BCUT2D eigenvalue weighted by atomic mass is 9.74. The molecule has 0 aromatic rings. The fourth-order valence-corrected chi connectivity index (χ4v) is 9.52. The quantitative estimate of drug-likeness (QED) is 0.0529. The minimum atomic E-state index is -0.537. The van der Waals surface area contributed by atoms with Gasteiger partial charge in [0.2, 0.25) is 0 Å². The molecule has 1 aliphatic heterocycles. The first-order valence-electron chi connectivity index (χ1n) is 25.4. The van der Waals surface area contributed by atoms with E-state index in [9.17, 15) is 19.8 Å². The van der Waals surface area contributed by atoms with E-state index in [-0.39, 0.29) is 0 Å². The van der Waals surface area contributed by atoms with Crippen LogP contribution in [0.5, 0.6) is 0 Å². The van der Waals surface area contributed by atoms with E-state index in [0.29, 0.717) is 0 Å². The lowest BCUT2D eigenvalue weighted by Gasteiger charge is -2.31. The molecule has 0 bridgehead atoms. The van der Waals surface area contributed by atoms with Gasteiger partial charge < -0.3 is 20.4 Å². The molecular formula is C50H99N3O4. The lowest BCUT2D eigenvalue weighted by Crippen LogP contribution is -2.46. The van der Waals surface area contributed by atoms with Crippen LogP contribution in [0, 0.1) is 10.8 Å². The monoisotopic (exact) mass is 806 g/mol. The maximum absolute atomic E-state index is 12.8. The molecule has 1 heterocycles. The van der Waals surface area contributed by atoms with E-state index >= 15 is 0 Å². The van der Waals surface area contributed by atoms with Gasteiger partial charge in [0.05, 0.1) is 10.8 Å². The predicted octanol–water partition coefficient (Wildman–Crippen LogP) is 13.7. The van der Waals surface area contributed by atoms with Gasteiger partial charge in [-0.05, 0) is 64.5 Å². The third kappa shape index (κ3) is 26.6. The molecule has 0 radical (unpaired) electrons. The third-order valence-electron chi connectivity index (χ3n) is 13.6. The Morgan fingerprint density at radius 3 is 1.04 bits per heavy atom. The van der Waals surface area contributed by atoms with Crippen molar-refractivity contribution < 1.29 is 19.8 Å². The summed E-state index contributed by atoms with van der Waals surface area (Å²) in [5.74, 6) is -1.07. The van der Waals surface area contributed by atoms with Crippen molar-refractivity contribution in [1.82, 2.24) is 15.1 Å². The van der Waals surface area contributed by atoms with Crippen LogP contribution in [0.1, 0.15) is 246 Å². The maximum atomic E-state index is 12.8. The molecule has 1 rings (SSSR count). The predicted molar refractivity (Wildman–Crippen MR) is 246 cm³/mol. The fourth-order valence-electron chi connectivity index (χ4n) is 9.52. The van der Waals surface area contributed by atoms with Crippen LogP contribution in [0.3, 0.4) is 0 Å². The molecule has 0 aliphatic carbocycles. The number of carboxylic acids is 2. The van der Waals surface area contributed by atoms with Gasteiger partial charge in [0.15, 0.2) is 0 Å². The van der Waals surface area contributed by atoms with Crippen LogP contribution in [0.15, 0.2) is 0 Å². The van der Waals surface area contributed by atoms with Crippen molar-refractivity contribution in [2.24, 2.45) is 10.8 Å². The second-order valence-electron chi connectivity index (χ2n) is 18.6. The molecule has 57 heavy (non-hydrogen) atoms.